The van der Waals surface area contributed by atoms with Gasteiger partial charge in [0.1, 0.15) is 0 Å². The van der Waals surface area contributed by atoms with Crippen LogP contribution in [0.25, 0.3) is 10.9 Å². The molecule has 26 heavy (non-hydrogen) atoms. The number of amides is 1. The average Bonchev–Trinajstić information content (AvgIpc) is 2.61. The van der Waals surface area contributed by atoms with Gasteiger partial charge in [-0.15, -0.1) is 0 Å². The number of carbonyl (C=O) groups is 2. The number of fused-ring (bicyclic) bond motifs is 1. The summed E-state index contributed by atoms with van der Waals surface area (Å²) < 4.78 is 6.67. The summed E-state index contributed by atoms with van der Waals surface area (Å²) in [7, 11) is 0. The van der Waals surface area contributed by atoms with E-state index in [0.717, 1.165) is 0 Å². The molecule has 0 bridgehead atoms. The van der Waals surface area contributed by atoms with Gasteiger partial charge in [0.25, 0.3) is 5.56 Å². The number of hydrogen-bond donors (Lipinski definition) is 2. The minimum absolute atomic E-state index is 0.0716. The monoisotopic (exact) mass is 359 g/mol. The highest BCUT2D eigenvalue weighted by Crippen LogP contribution is 2.24. The van der Waals surface area contributed by atoms with E-state index < -0.39 is 11.5 Å². The largest absolute Gasteiger partial charge is 0.481 e. The van der Waals surface area contributed by atoms with Gasteiger partial charge < -0.3 is 15.2 Å². The van der Waals surface area contributed by atoms with Crippen LogP contribution in [-0.2, 0) is 20.9 Å². The Labute approximate surface area is 149 Å². The summed E-state index contributed by atoms with van der Waals surface area (Å²) in [6.07, 6.45) is 2.28. The Morgan fingerprint density at radius 1 is 1.27 bits per heavy atom. The molecule has 1 fully saturated rings. The lowest BCUT2D eigenvalue weighted by molar-refractivity contribution is -0.140. The van der Waals surface area contributed by atoms with Crippen LogP contribution in [0.4, 0.5) is 0 Å². The summed E-state index contributed by atoms with van der Waals surface area (Å²) in [5.41, 5.74) is -0.371. The second-order valence-electron chi connectivity index (χ2n) is 6.52. The first kappa shape index (κ1) is 18.1. The molecule has 0 radical (unpaired) electrons. The fourth-order valence-corrected chi connectivity index (χ4v) is 3.24. The number of para-hydroxylation sites is 1. The van der Waals surface area contributed by atoms with Crippen LogP contribution < -0.4 is 10.9 Å². The van der Waals surface area contributed by atoms with Crippen LogP contribution in [-0.4, -0.2) is 45.3 Å². The van der Waals surface area contributed by atoms with E-state index in [0.29, 0.717) is 37.0 Å². The normalized spacial score (nSPS) is 16.3. The first-order valence-corrected chi connectivity index (χ1v) is 8.54. The van der Waals surface area contributed by atoms with Crippen molar-refractivity contribution in [3.05, 3.63) is 40.9 Å². The summed E-state index contributed by atoms with van der Waals surface area (Å²) >= 11 is 0. The van der Waals surface area contributed by atoms with E-state index in [1.807, 2.05) is 6.07 Å². The van der Waals surface area contributed by atoms with Gasteiger partial charge in [0, 0.05) is 26.2 Å². The number of nitrogens with one attached hydrogen (secondary N) is 1. The number of carboxylic acids is 1. The topological polar surface area (TPSA) is 111 Å². The quantitative estimate of drug-likeness (QED) is 0.794. The maximum absolute atomic E-state index is 12.4. The number of carbonyl (C=O) groups excluding carboxylic acids is 1. The number of aryl methyl sites for hydroxylation is 1. The zero-order valence-corrected chi connectivity index (χ0v) is 14.3. The Kier molecular flexibility index (Phi) is 5.32. The van der Waals surface area contributed by atoms with Crippen molar-refractivity contribution in [2.24, 2.45) is 0 Å². The zero-order valence-electron chi connectivity index (χ0n) is 14.3. The smallest absolute Gasteiger partial charge is 0.305 e. The summed E-state index contributed by atoms with van der Waals surface area (Å²) in [5.74, 6) is -1.24. The SMILES string of the molecule is O=C(O)CC1(NC(=O)CCn2cnc3ccccc3c2=O)CCOCC1. The van der Waals surface area contributed by atoms with Gasteiger partial charge in [-0.25, -0.2) is 4.98 Å². The van der Waals surface area contributed by atoms with Crippen molar-refractivity contribution in [2.75, 3.05) is 13.2 Å². The number of hydrogen-bond acceptors (Lipinski definition) is 5. The van der Waals surface area contributed by atoms with Crippen LogP contribution in [0.1, 0.15) is 25.7 Å². The van der Waals surface area contributed by atoms with Gasteiger partial charge in [-0.1, -0.05) is 12.1 Å². The summed E-state index contributed by atoms with van der Waals surface area (Å²) in [6, 6.07) is 7.03. The molecular formula is C18H21N3O5. The molecule has 2 heterocycles. The molecule has 8 heteroatoms. The Bertz CT molecular complexity index is 871. The number of benzene rings is 1. The minimum Gasteiger partial charge on any atom is -0.481 e. The molecule has 8 nitrogen and oxygen atoms in total. The highest BCUT2D eigenvalue weighted by molar-refractivity contribution is 5.79. The summed E-state index contributed by atoms with van der Waals surface area (Å²) in [5, 5.41) is 12.5. The fraction of sp³-hybridized carbons (Fsp3) is 0.444. The van der Waals surface area contributed by atoms with Crippen molar-refractivity contribution in [3.63, 3.8) is 0 Å². The number of aromatic nitrogens is 2. The molecule has 0 atom stereocenters. The second kappa shape index (κ2) is 7.65. The number of carboxylic acid groups (broad SMARTS) is 1. The van der Waals surface area contributed by atoms with E-state index in [4.69, 9.17) is 9.84 Å². The molecule has 3 rings (SSSR count). The van der Waals surface area contributed by atoms with E-state index in [-0.39, 0.29) is 30.9 Å². The van der Waals surface area contributed by atoms with E-state index in [1.165, 1.54) is 10.9 Å². The Hall–Kier alpha value is -2.74. The summed E-state index contributed by atoms with van der Waals surface area (Å²) in [4.78, 5) is 40.2. The van der Waals surface area contributed by atoms with Crippen LogP contribution in [0, 0.1) is 0 Å². The van der Waals surface area contributed by atoms with Gasteiger partial charge >= 0.3 is 5.97 Å². The molecule has 138 valence electrons. The maximum atomic E-state index is 12.4. The summed E-state index contributed by atoms with van der Waals surface area (Å²) in [6.45, 7) is 1.02. The Morgan fingerprint density at radius 3 is 2.73 bits per heavy atom. The lowest BCUT2D eigenvalue weighted by Crippen LogP contribution is -2.53. The highest BCUT2D eigenvalue weighted by atomic mass is 16.5. The highest BCUT2D eigenvalue weighted by Gasteiger charge is 2.36. The first-order valence-electron chi connectivity index (χ1n) is 8.54. The molecule has 1 aliphatic heterocycles. The first-order chi connectivity index (χ1) is 12.5. The molecule has 1 aliphatic rings. The van der Waals surface area contributed by atoms with Gasteiger partial charge in [-0.3, -0.25) is 19.0 Å². The van der Waals surface area contributed by atoms with E-state index in [9.17, 15) is 14.4 Å². The number of nitrogens with zero attached hydrogens (tertiary/aromatic N) is 2. The molecule has 0 saturated carbocycles. The van der Waals surface area contributed by atoms with Crippen LogP contribution in [0.3, 0.4) is 0 Å². The third kappa shape index (κ3) is 4.08. The fourth-order valence-electron chi connectivity index (χ4n) is 3.24. The van der Waals surface area contributed by atoms with Gasteiger partial charge in [-0.2, -0.15) is 0 Å². The van der Waals surface area contributed by atoms with Crippen molar-refractivity contribution >= 4 is 22.8 Å². The van der Waals surface area contributed by atoms with Crippen molar-refractivity contribution in [2.45, 2.75) is 37.8 Å². The lowest BCUT2D eigenvalue weighted by Gasteiger charge is -2.36. The van der Waals surface area contributed by atoms with Crippen LogP contribution in [0.5, 0.6) is 0 Å². The van der Waals surface area contributed by atoms with Crippen LogP contribution in [0.2, 0.25) is 0 Å². The molecule has 2 aromatic rings. The van der Waals surface area contributed by atoms with Gasteiger partial charge in [-0.05, 0) is 25.0 Å². The van der Waals surface area contributed by atoms with E-state index in [2.05, 4.69) is 10.3 Å². The standard InChI is InChI=1S/C18H21N3O5/c22-15(20-18(11-16(23)24)6-9-26-10-7-18)5-8-21-12-19-14-4-2-1-3-13(14)17(21)25/h1-4,12H,5-11H2,(H,20,22)(H,23,24). The molecule has 1 saturated heterocycles. The number of rotatable bonds is 6. The van der Waals surface area contributed by atoms with Gasteiger partial charge in [0.2, 0.25) is 5.91 Å². The molecule has 1 aromatic heterocycles. The van der Waals surface area contributed by atoms with Crippen molar-refractivity contribution in [1.82, 2.24) is 14.9 Å². The Morgan fingerprint density at radius 2 is 2.00 bits per heavy atom. The molecule has 2 N–H and O–H groups in total. The lowest BCUT2D eigenvalue weighted by atomic mass is 9.86. The van der Waals surface area contributed by atoms with Crippen molar-refractivity contribution in [1.29, 1.82) is 0 Å². The zero-order chi connectivity index (χ0) is 18.6. The predicted octanol–water partition coefficient (Wildman–Crippen LogP) is 0.927. The molecule has 1 amide bonds. The molecule has 0 aliphatic carbocycles. The number of aliphatic carboxylic acids is 1. The molecule has 1 aromatic carbocycles. The Balaban J connectivity index is 1.67. The molecule has 0 unspecified atom stereocenters. The third-order valence-corrected chi connectivity index (χ3v) is 4.66. The molecule has 0 spiro atoms. The van der Waals surface area contributed by atoms with Crippen LogP contribution >= 0.6 is 0 Å². The van der Waals surface area contributed by atoms with Gasteiger partial charge in [0.15, 0.2) is 0 Å². The minimum atomic E-state index is -0.956. The number of ether oxygens (including phenoxy) is 1. The van der Waals surface area contributed by atoms with Crippen molar-refractivity contribution < 1.29 is 19.4 Å². The van der Waals surface area contributed by atoms with E-state index >= 15 is 0 Å². The third-order valence-electron chi connectivity index (χ3n) is 4.66. The predicted molar refractivity (Wildman–Crippen MR) is 93.8 cm³/mol. The average molecular weight is 359 g/mol. The van der Waals surface area contributed by atoms with Gasteiger partial charge in [0.05, 0.1) is 29.2 Å². The molecular weight excluding hydrogens is 338 g/mol. The van der Waals surface area contributed by atoms with E-state index in [1.54, 1.807) is 18.2 Å². The second-order valence-corrected chi connectivity index (χ2v) is 6.52. The maximum Gasteiger partial charge on any atom is 0.305 e. The van der Waals surface area contributed by atoms with Crippen LogP contribution in [0.15, 0.2) is 35.4 Å². The van der Waals surface area contributed by atoms with Crippen molar-refractivity contribution in [3.8, 4) is 0 Å².